The van der Waals surface area contributed by atoms with Gasteiger partial charge in [0.2, 0.25) is 0 Å². The van der Waals surface area contributed by atoms with Crippen LogP contribution in [0.25, 0.3) is 15.8 Å². The molecule has 29 heavy (non-hydrogen) atoms. The van der Waals surface area contributed by atoms with Gasteiger partial charge in [0.1, 0.15) is 5.82 Å². The van der Waals surface area contributed by atoms with E-state index >= 15 is 0 Å². The first-order chi connectivity index (χ1) is 14.0. The van der Waals surface area contributed by atoms with Crippen LogP contribution in [0, 0.1) is 19.7 Å². The summed E-state index contributed by atoms with van der Waals surface area (Å²) in [5.74, 6) is -0.648. The lowest BCUT2D eigenvalue weighted by molar-refractivity contribution is 0.102. The van der Waals surface area contributed by atoms with E-state index in [-0.39, 0.29) is 18.3 Å². The van der Waals surface area contributed by atoms with E-state index in [1.54, 1.807) is 10.7 Å². The Morgan fingerprint density at radius 1 is 1.17 bits per heavy atom. The molecule has 0 saturated carbocycles. The van der Waals surface area contributed by atoms with Crippen molar-refractivity contribution in [2.24, 2.45) is 0 Å². The van der Waals surface area contributed by atoms with Crippen molar-refractivity contribution in [2.45, 2.75) is 20.5 Å². The molecule has 7 heteroatoms. The normalized spacial score (nSPS) is 11.2. The average molecular weight is 409 g/mol. The Kier molecular flexibility index (Phi) is 5.17. The number of hydrogen-bond donors (Lipinski definition) is 1. The first-order valence-electron chi connectivity index (χ1n) is 9.13. The van der Waals surface area contributed by atoms with Crippen molar-refractivity contribution in [3.63, 3.8) is 0 Å². The van der Waals surface area contributed by atoms with Crippen molar-refractivity contribution < 1.29 is 13.9 Å². The van der Waals surface area contributed by atoms with Gasteiger partial charge in [-0.15, -0.1) is 11.3 Å². The third-order valence-electron chi connectivity index (χ3n) is 4.79. The summed E-state index contributed by atoms with van der Waals surface area (Å²) in [5.41, 5.74) is 3.66. The van der Waals surface area contributed by atoms with Crippen molar-refractivity contribution >= 4 is 33.0 Å². The monoisotopic (exact) mass is 409 g/mol. The molecule has 2 aromatic heterocycles. The van der Waals surface area contributed by atoms with Crippen LogP contribution in [-0.4, -0.2) is 22.8 Å². The number of thiophene rings is 1. The van der Waals surface area contributed by atoms with Gasteiger partial charge in [0.15, 0.2) is 0 Å². The van der Waals surface area contributed by atoms with Gasteiger partial charge in [0, 0.05) is 22.8 Å². The molecule has 0 bridgehead atoms. The maximum Gasteiger partial charge on any atom is 0.266 e. The molecule has 0 radical (unpaired) electrons. The molecule has 0 saturated heterocycles. The Balaban J connectivity index is 1.73. The van der Waals surface area contributed by atoms with Crippen LogP contribution in [0.1, 0.15) is 26.6 Å². The molecule has 0 aliphatic heterocycles. The summed E-state index contributed by atoms with van der Waals surface area (Å²) in [6.07, 6.45) is 0. The number of carbonyl (C=O) groups is 1. The fourth-order valence-electron chi connectivity index (χ4n) is 3.45. The molecule has 0 fully saturated rings. The van der Waals surface area contributed by atoms with E-state index in [4.69, 9.17) is 4.74 Å². The highest BCUT2D eigenvalue weighted by atomic mass is 32.1. The summed E-state index contributed by atoms with van der Waals surface area (Å²) in [6.45, 7) is 3.91. The molecule has 0 unspecified atom stereocenters. The summed E-state index contributed by atoms with van der Waals surface area (Å²) in [5, 5.41) is 7.98. The van der Waals surface area contributed by atoms with Gasteiger partial charge in [0.25, 0.3) is 5.91 Å². The number of nitrogens with one attached hydrogen (secondary N) is 1. The highest BCUT2D eigenvalue weighted by Gasteiger charge is 2.23. The maximum atomic E-state index is 14.4. The maximum absolute atomic E-state index is 14.4. The molecular weight excluding hydrogens is 389 g/mol. The lowest BCUT2D eigenvalue weighted by Gasteiger charge is -2.08. The quantitative estimate of drug-likeness (QED) is 0.490. The van der Waals surface area contributed by atoms with Gasteiger partial charge in [-0.2, -0.15) is 5.10 Å². The third kappa shape index (κ3) is 3.43. The highest BCUT2D eigenvalue weighted by Crippen LogP contribution is 2.35. The lowest BCUT2D eigenvalue weighted by Crippen LogP contribution is -2.14. The minimum Gasteiger partial charge on any atom is -0.380 e. The Bertz CT molecular complexity index is 1200. The minimum atomic E-state index is -0.353. The van der Waals surface area contributed by atoms with Gasteiger partial charge in [0.05, 0.1) is 34.2 Å². The molecule has 2 heterocycles. The number of methoxy groups -OCH3 is 1. The molecule has 0 aliphatic rings. The SMILES string of the molecule is COCc1c(C(=O)Nc2c(C)nn(-c3ccccc3)c2C)sc2cccc(F)c12. The number of aromatic nitrogens is 2. The number of para-hydroxylation sites is 1. The predicted molar refractivity (Wildman–Crippen MR) is 113 cm³/mol. The number of fused-ring (bicyclic) bond motifs is 1. The van der Waals surface area contributed by atoms with E-state index < -0.39 is 0 Å². The summed E-state index contributed by atoms with van der Waals surface area (Å²) in [4.78, 5) is 13.6. The van der Waals surface area contributed by atoms with Crippen LogP contribution in [0.4, 0.5) is 10.1 Å². The largest absolute Gasteiger partial charge is 0.380 e. The fraction of sp³-hybridized carbons (Fsp3) is 0.182. The smallest absolute Gasteiger partial charge is 0.266 e. The van der Waals surface area contributed by atoms with Crippen molar-refractivity contribution in [3.05, 3.63) is 76.2 Å². The van der Waals surface area contributed by atoms with E-state index in [2.05, 4.69) is 10.4 Å². The molecule has 0 spiro atoms. The van der Waals surface area contributed by atoms with Gasteiger partial charge in [-0.3, -0.25) is 4.79 Å². The zero-order chi connectivity index (χ0) is 20.5. The van der Waals surface area contributed by atoms with E-state index in [1.165, 1.54) is 24.5 Å². The predicted octanol–water partition coefficient (Wildman–Crippen LogP) is 5.24. The lowest BCUT2D eigenvalue weighted by atomic mass is 10.1. The molecule has 2 aromatic carbocycles. The molecule has 1 amide bonds. The number of carbonyl (C=O) groups excluding carboxylic acids is 1. The average Bonchev–Trinajstić information content (AvgIpc) is 3.22. The Labute approximate surface area is 171 Å². The van der Waals surface area contributed by atoms with Crippen molar-refractivity contribution in [2.75, 3.05) is 12.4 Å². The van der Waals surface area contributed by atoms with Gasteiger partial charge in [-0.1, -0.05) is 24.3 Å². The first-order valence-corrected chi connectivity index (χ1v) is 9.94. The Hall–Kier alpha value is -3.03. The number of amides is 1. The second-order valence-electron chi connectivity index (χ2n) is 6.70. The number of hydrogen-bond acceptors (Lipinski definition) is 4. The first kappa shape index (κ1) is 19.3. The van der Waals surface area contributed by atoms with Gasteiger partial charge in [-0.25, -0.2) is 9.07 Å². The number of halogens is 1. The molecule has 4 rings (SSSR count). The third-order valence-corrected chi connectivity index (χ3v) is 5.98. The van der Waals surface area contributed by atoms with Gasteiger partial charge < -0.3 is 10.1 Å². The van der Waals surface area contributed by atoms with Gasteiger partial charge >= 0.3 is 0 Å². The number of rotatable bonds is 5. The van der Waals surface area contributed by atoms with E-state index in [9.17, 15) is 9.18 Å². The Morgan fingerprint density at radius 2 is 1.93 bits per heavy atom. The van der Waals surface area contributed by atoms with Gasteiger partial charge in [-0.05, 0) is 38.1 Å². The number of ether oxygens (including phenoxy) is 1. The van der Waals surface area contributed by atoms with E-state index in [1.807, 2.05) is 50.2 Å². The number of anilines is 1. The summed E-state index contributed by atoms with van der Waals surface area (Å²) in [7, 11) is 1.53. The second-order valence-corrected chi connectivity index (χ2v) is 7.76. The number of benzene rings is 2. The van der Waals surface area contributed by atoms with Crippen molar-refractivity contribution in [1.29, 1.82) is 0 Å². The summed E-state index contributed by atoms with van der Waals surface area (Å²) < 4.78 is 22.2. The molecule has 0 atom stereocenters. The van der Waals surface area contributed by atoms with Crippen LogP contribution in [0.2, 0.25) is 0 Å². The van der Waals surface area contributed by atoms with Crippen LogP contribution >= 0.6 is 11.3 Å². The second kappa shape index (κ2) is 7.77. The molecule has 4 aromatic rings. The summed E-state index contributed by atoms with van der Waals surface area (Å²) in [6, 6.07) is 14.6. The standard InChI is InChI=1S/C22H20FN3O2S/c1-13-20(14(2)26(25-13)15-8-5-4-6-9-15)24-22(27)21-16(12-28-3)19-17(23)10-7-11-18(19)29-21/h4-11H,12H2,1-3H3,(H,24,27). The zero-order valence-electron chi connectivity index (χ0n) is 16.3. The van der Waals surface area contributed by atoms with E-state index in [0.29, 0.717) is 27.2 Å². The molecular formula is C22H20FN3O2S. The van der Waals surface area contributed by atoms with Crippen LogP contribution in [0.5, 0.6) is 0 Å². The fourth-order valence-corrected chi connectivity index (χ4v) is 4.56. The molecule has 5 nitrogen and oxygen atoms in total. The van der Waals surface area contributed by atoms with Crippen LogP contribution in [-0.2, 0) is 11.3 Å². The van der Waals surface area contributed by atoms with Crippen LogP contribution in [0.15, 0.2) is 48.5 Å². The topological polar surface area (TPSA) is 56.1 Å². The summed E-state index contributed by atoms with van der Waals surface area (Å²) >= 11 is 1.26. The molecule has 1 N–H and O–H groups in total. The van der Waals surface area contributed by atoms with Crippen molar-refractivity contribution in [3.8, 4) is 5.69 Å². The highest BCUT2D eigenvalue weighted by molar-refractivity contribution is 7.21. The van der Waals surface area contributed by atoms with Crippen LogP contribution in [0.3, 0.4) is 0 Å². The van der Waals surface area contributed by atoms with Crippen molar-refractivity contribution in [1.82, 2.24) is 9.78 Å². The van der Waals surface area contributed by atoms with E-state index in [0.717, 1.165) is 16.1 Å². The number of nitrogens with zero attached hydrogens (tertiary/aromatic N) is 2. The number of aryl methyl sites for hydroxylation is 1. The minimum absolute atomic E-state index is 0.158. The van der Waals surface area contributed by atoms with Crippen LogP contribution < -0.4 is 5.32 Å². The Morgan fingerprint density at radius 3 is 2.66 bits per heavy atom. The molecule has 148 valence electrons. The molecule has 0 aliphatic carbocycles. The zero-order valence-corrected chi connectivity index (χ0v) is 17.1.